The van der Waals surface area contributed by atoms with Gasteiger partial charge in [0.25, 0.3) is 0 Å². The van der Waals surface area contributed by atoms with Crippen LogP contribution in [0.1, 0.15) is 5.89 Å². The summed E-state index contributed by atoms with van der Waals surface area (Å²) in [5, 5.41) is 14.1. The summed E-state index contributed by atoms with van der Waals surface area (Å²) in [7, 11) is 0. The Kier molecular flexibility index (Phi) is 4.07. The zero-order valence-electron chi connectivity index (χ0n) is 7.53. The van der Waals surface area contributed by atoms with Crippen LogP contribution in [0.2, 0.25) is 0 Å². The first-order valence-electron chi connectivity index (χ1n) is 3.82. The highest BCUT2D eigenvalue weighted by Gasteiger charge is 2.05. The first-order valence-corrected chi connectivity index (χ1v) is 4.62. The standard InChI is InChI=1S/C8H8BrN3O3/c1-2-5(3-6(9)4-10-14)7-11-12-8(13)15-7/h2-4,10,14H,1H2,(H,12,13)/b5-3+,6-4+. The van der Waals surface area contributed by atoms with Crippen LogP contribution < -0.4 is 11.2 Å². The van der Waals surface area contributed by atoms with Gasteiger partial charge in [0.15, 0.2) is 0 Å². The minimum Gasteiger partial charge on any atom is -0.388 e. The van der Waals surface area contributed by atoms with Gasteiger partial charge in [-0.2, -0.15) is 0 Å². The molecule has 0 aliphatic heterocycles. The second-order valence-corrected chi connectivity index (χ2v) is 3.30. The zero-order valence-corrected chi connectivity index (χ0v) is 9.11. The maximum absolute atomic E-state index is 10.7. The van der Waals surface area contributed by atoms with E-state index in [2.05, 4.69) is 32.7 Å². The van der Waals surface area contributed by atoms with Crippen molar-refractivity contribution in [3.8, 4) is 0 Å². The summed E-state index contributed by atoms with van der Waals surface area (Å²) >= 11 is 3.14. The molecular formula is C8H8BrN3O3. The summed E-state index contributed by atoms with van der Waals surface area (Å²) in [4.78, 5) is 10.7. The summed E-state index contributed by atoms with van der Waals surface area (Å²) in [5.41, 5.74) is 2.34. The first kappa shape index (κ1) is 11.5. The van der Waals surface area contributed by atoms with E-state index in [1.807, 2.05) is 5.48 Å². The SMILES string of the molecule is C=C/C(=C\C(Br)=C/NO)c1n[nH]c(=O)o1. The summed E-state index contributed by atoms with van der Waals surface area (Å²) in [5.74, 6) is -0.517. The fourth-order valence-corrected chi connectivity index (χ4v) is 1.16. The number of aromatic nitrogens is 2. The van der Waals surface area contributed by atoms with Crippen molar-refractivity contribution in [1.29, 1.82) is 0 Å². The third kappa shape index (κ3) is 3.22. The Hall–Kier alpha value is -1.60. The Morgan fingerprint density at radius 3 is 2.93 bits per heavy atom. The molecule has 0 saturated heterocycles. The van der Waals surface area contributed by atoms with Crippen LogP contribution in [0, 0.1) is 0 Å². The van der Waals surface area contributed by atoms with E-state index in [4.69, 9.17) is 9.62 Å². The molecule has 0 radical (unpaired) electrons. The molecule has 1 rings (SSSR count). The molecule has 6 nitrogen and oxygen atoms in total. The molecule has 80 valence electrons. The highest BCUT2D eigenvalue weighted by atomic mass is 79.9. The average molecular weight is 274 g/mol. The Bertz CT molecular complexity index is 458. The molecule has 0 amide bonds. The first-order chi connectivity index (χ1) is 7.17. The van der Waals surface area contributed by atoms with Crippen LogP contribution in [0.3, 0.4) is 0 Å². The van der Waals surface area contributed by atoms with E-state index in [0.717, 1.165) is 0 Å². The lowest BCUT2D eigenvalue weighted by Crippen LogP contribution is -1.94. The Labute approximate surface area is 93.1 Å². The number of rotatable bonds is 4. The van der Waals surface area contributed by atoms with Crippen LogP contribution in [-0.2, 0) is 0 Å². The molecule has 0 fully saturated rings. The number of nitrogens with one attached hydrogen (secondary N) is 2. The lowest BCUT2D eigenvalue weighted by Gasteiger charge is -1.94. The molecule has 0 aliphatic rings. The van der Waals surface area contributed by atoms with Gasteiger partial charge in [-0.3, -0.25) is 10.7 Å². The molecule has 3 N–H and O–H groups in total. The third-order valence-corrected chi connectivity index (χ3v) is 1.86. The molecule has 15 heavy (non-hydrogen) atoms. The van der Waals surface area contributed by atoms with Crippen LogP contribution in [0.25, 0.3) is 5.57 Å². The van der Waals surface area contributed by atoms with Gasteiger partial charge in [-0.25, -0.2) is 9.89 Å². The van der Waals surface area contributed by atoms with Crippen molar-refractivity contribution in [2.75, 3.05) is 0 Å². The van der Waals surface area contributed by atoms with Crippen molar-refractivity contribution in [1.82, 2.24) is 15.7 Å². The molecule has 1 aromatic heterocycles. The van der Waals surface area contributed by atoms with Gasteiger partial charge in [0, 0.05) is 16.3 Å². The average Bonchev–Trinajstić information content (AvgIpc) is 2.61. The number of H-pyrrole nitrogens is 1. The van der Waals surface area contributed by atoms with Crippen LogP contribution in [0.5, 0.6) is 0 Å². The zero-order chi connectivity index (χ0) is 11.3. The Balaban J connectivity index is 3.04. The molecule has 0 saturated carbocycles. The van der Waals surface area contributed by atoms with E-state index < -0.39 is 5.76 Å². The van der Waals surface area contributed by atoms with Crippen LogP contribution in [0.15, 0.2) is 38.6 Å². The van der Waals surface area contributed by atoms with Crippen molar-refractivity contribution in [3.63, 3.8) is 0 Å². The second-order valence-electron chi connectivity index (χ2n) is 2.38. The van der Waals surface area contributed by atoms with E-state index in [1.54, 1.807) is 6.08 Å². The van der Waals surface area contributed by atoms with E-state index in [9.17, 15) is 4.79 Å². The van der Waals surface area contributed by atoms with E-state index in [0.29, 0.717) is 10.1 Å². The predicted octanol–water partition coefficient (Wildman–Crippen LogP) is 1.15. The number of hydroxylamine groups is 1. The monoisotopic (exact) mass is 273 g/mol. The topological polar surface area (TPSA) is 91.1 Å². The van der Waals surface area contributed by atoms with Gasteiger partial charge in [0.2, 0.25) is 5.89 Å². The lowest BCUT2D eigenvalue weighted by molar-refractivity contribution is 0.214. The molecule has 0 aromatic carbocycles. The van der Waals surface area contributed by atoms with Crippen LogP contribution >= 0.6 is 15.9 Å². The molecule has 1 heterocycles. The van der Waals surface area contributed by atoms with Crippen molar-refractivity contribution in [2.24, 2.45) is 0 Å². The number of aromatic amines is 1. The number of hydrogen-bond donors (Lipinski definition) is 3. The quantitative estimate of drug-likeness (QED) is 0.566. The highest BCUT2D eigenvalue weighted by Crippen LogP contribution is 2.16. The predicted molar refractivity (Wildman–Crippen MR) is 57.2 cm³/mol. The molecule has 0 spiro atoms. The molecule has 1 aromatic rings. The molecule has 0 aliphatic carbocycles. The smallest absolute Gasteiger partial charge is 0.388 e. The summed E-state index contributed by atoms with van der Waals surface area (Å²) in [6, 6.07) is 0. The summed E-state index contributed by atoms with van der Waals surface area (Å²) in [6.45, 7) is 3.54. The van der Waals surface area contributed by atoms with Gasteiger partial charge >= 0.3 is 5.76 Å². The Morgan fingerprint density at radius 1 is 1.73 bits per heavy atom. The number of allylic oxidation sites excluding steroid dienone is 4. The maximum atomic E-state index is 10.7. The largest absolute Gasteiger partial charge is 0.434 e. The fraction of sp³-hybridized carbons (Fsp3) is 0. The van der Waals surface area contributed by atoms with Gasteiger partial charge in [0.05, 0.1) is 0 Å². The molecule has 7 heteroatoms. The molecule has 0 atom stereocenters. The van der Waals surface area contributed by atoms with Gasteiger partial charge < -0.3 is 4.42 Å². The van der Waals surface area contributed by atoms with Crippen LogP contribution in [-0.4, -0.2) is 15.4 Å². The third-order valence-electron chi connectivity index (χ3n) is 1.40. The lowest BCUT2D eigenvalue weighted by atomic mass is 10.2. The normalized spacial score (nSPS) is 12.7. The van der Waals surface area contributed by atoms with E-state index >= 15 is 0 Å². The van der Waals surface area contributed by atoms with Crippen molar-refractivity contribution < 1.29 is 9.62 Å². The van der Waals surface area contributed by atoms with Crippen molar-refractivity contribution in [3.05, 3.63) is 45.9 Å². The summed E-state index contributed by atoms with van der Waals surface area (Å²) in [6.07, 6.45) is 4.31. The fourth-order valence-electron chi connectivity index (χ4n) is 0.813. The Morgan fingerprint density at radius 2 is 2.47 bits per heavy atom. The second kappa shape index (κ2) is 5.32. The number of halogens is 1. The molecular weight excluding hydrogens is 266 g/mol. The van der Waals surface area contributed by atoms with Crippen LogP contribution in [0.4, 0.5) is 0 Å². The molecule has 0 bridgehead atoms. The number of nitrogens with zero attached hydrogens (tertiary/aromatic N) is 1. The van der Waals surface area contributed by atoms with Gasteiger partial charge in [-0.15, -0.1) is 5.10 Å². The van der Waals surface area contributed by atoms with Gasteiger partial charge in [-0.05, 0) is 22.0 Å². The highest BCUT2D eigenvalue weighted by molar-refractivity contribution is 9.11. The summed E-state index contributed by atoms with van der Waals surface area (Å²) < 4.78 is 5.26. The van der Waals surface area contributed by atoms with Crippen molar-refractivity contribution >= 4 is 21.5 Å². The van der Waals surface area contributed by atoms with E-state index in [-0.39, 0.29) is 5.89 Å². The van der Waals surface area contributed by atoms with Gasteiger partial charge in [0.1, 0.15) is 0 Å². The van der Waals surface area contributed by atoms with Gasteiger partial charge in [-0.1, -0.05) is 12.7 Å². The van der Waals surface area contributed by atoms with Crippen molar-refractivity contribution in [2.45, 2.75) is 0 Å². The minimum atomic E-state index is -0.641. The number of hydrogen-bond acceptors (Lipinski definition) is 5. The molecule has 0 unspecified atom stereocenters. The minimum absolute atomic E-state index is 0.123. The van der Waals surface area contributed by atoms with E-state index in [1.165, 1.54) is 12.3 Å². The maximum Gasteiger partial charge on any atom is 0.434 e.